The zero-order valence-electron chi connectivity index (χ0n) is 15.2. The van der Waals surface area contributed by atoms with Gasteiger partial charge in [-0.05, 0) is 61.2 Å². The second-order valence-corrected chi connectivity index (χ2v) is 8.05. The predicted molar refractivity (Wildman–Crippen MR) is 96.8 cm³/mol. The molecule has 0 aliphatic heterocycles. The zero-order valence-corrected chi connectivity index (χ0v) is 15.2. The molecular weight excluding hydrogens is 268 g/mol. The quantitative estimate of drug-likeness (QED) is 0.281. The number of carbonyl (C=O) groups excluding carboxylic acids is 1. The van der Waals surface area contributed by atoms with E-state index < -0.39 is 0 Å². The molecule has 1 nitrogen and oxygen atoms in total. The van der Waals surface area contributed by atoms with E-state index in [1.165, 1.54) is 19.3 Å². The topological polar surface area (TPSA) is 17.1 Å². The summed E-state index contributed by atoms with van der Waals surface area (Å²) in [6, 6.07) is 0. The van der Waals surface area contributed by atoms with Crippen molar-refractivity contribution in [2.24, 2.45) is 29.1 Å². The summed E-state index contributed by atoms with van der Waals surface area (Å²) >= 11 is 0. The molecule has 1 aliphatic rings. The minimum atomic E-state index is 0.0208. The van der Waals surface area contributed by atoms with Crippen molar-refractivity contribution in [3.05, 3.63) is 24.8 Å². The van der Waals surface area contributed by atoms with E-state index in [9.17, 15) is 4.79 Å². The van der Waals surface area contributed by atoms with Gasteiger partial charge in [0.2, 0.25) is 0 Å². The lowest BCUT2D eigenvalue weighted by Crippen LogP contribution is -2.27. The maximum atomic E-state index is 11.1. The predicted octanol–water partition coefficient (Wildman–Crippen LogP) is 6.20. The highest BCUT2D eigenvalue weighted by Crippen LogP contribution is 2.40. The van der Waals surface area contributed by atoms with E-state index in [2.05, 4.69) is 46.4 Å². The first-order chi connectivity index (χ1) is 10.4. The number of hydrogen-bond donors (Lipinski definition) is 0. The van der Waals surface area contributed by atoms with Crippen LogP contribution in [0.2, 0.25) is 0 Å². The molecule has 1 rings (SSSR count). The second-order valence-electron chi connectivity index (χ2n) is 8.05. The van der Waals surface area contributed by atoms with Crippen LogP contribution in [-0.2, 0) is 4.79 Å². The fourth-order valence-electron chi connectivity index (χ4n) is 3.95. The smallest absolute Gasteiger partial charge is 0.120 e. The number of allylic oxidation sites excluding steroid dienone is 3. The number of hydrogen-bond acceptors (Lipinski definition) is 1. The number of unbranched alkanes of at least 4 members (excludes halogenated alkanes) is 1. The third kappa shape index (κ3) is 6.10. The molecule has 0 aromatic rings. The van der Waals surface area contributed by atoms with Crippen molar-refractivity contribution >= 4 is 6.29 Å². The maximum Gasteiger partial charge on any atom is 0.120 e. The van der Waals surface area contributed by atoms with Gasteiger partial charge in [0.1, 0.15) is 6.29 Å². The van der Waals surface area contributed by atoms with Gasteiger partial charge in [-0.2, -0.15) is 0 Å². The summed E-state index contributed by atoms with van der Waals surface area (Å²) in [7, 11) is 0. The Morgan fingerprint density at radius 3 is 2.64 bits per heavy atom. The Hall–Kier alpha value is -0.850. The third-order valence-electron chi connectivity index (χ3n) is 5.53. The standard InChI is InChI=1S/C21H36O/c1-6-7-8-12-21(5,14-15-22)13-11-19-16-18(4)9-10-20(19)17(2)3/h6,11,13,15,17-20H,1,7-10,12,14,16H2,2-5H3/b13-11+/t18?,19?,20?,21-/m1/s1. The lowest BCUT2D eigenvalue weighted by molar-refractivity contribution is -0.109. The minimum Gasteiger partial charge on any atom is -0.303 e. The van der Waals surface area contributed by atoms with Gasteiger partial charge in [0.05, 0.1) is 0 Å². The molecule has 0 heterocycles. The Morgan fingerprint density at radius 1 is 1.32 bits per heavy atom. The lowest BCUT2D eigenvalue weighted by Gasteiger charge is -2.36. The Morgan fingerprint density at radius 2 is 2.05 bits per heavy atom. The molecule has 1 heteroatoms. The average molecular weight is 305 g/mol. The van der Waals surface area contributed by atoms with Crippen LogP contribution in [-0.4, -0.2) is 6.29 Å². The Kier molecular flexibility index (Phi) is 8.14. The van der Waals surface area contributed by atoms with Crippen LogP contribution in [0.15, 0.2) is 24.8 Å². The van der Waals surface area contributed by atoms with E-state index in [0.29, 0.717) is 12.3 Å². The molecule has 0 bridgehead atoms. The molecule has 0 N–H and O–H groups in total. The van der Waals surface area contributed by atoms with Crippen LogP contribution in [0.25, 0.3) is 0 Å². The summed E-state index contributed by atoms with van der Waals surface area (Å²) in [6.45, 7) is 13.1. The van der Waals surface area contributed by atoms with E-state index in [-0.39, 0.29) is 5.41 Å². The number of carbonyl (C=O) groups is 1. The average Bonchev–Trinajstić information content (AvgIpc) is 2.45. The van der Waals surface area contributed by atoms with Crippen molar-refractivity contribution in [2.75, 3.05) is 0 Å². The van der Waals surface area contributed by atoms with Gasteiger partial charge >= 0.3 is 0 Å². The highest BCUT2D eigenvalue weighted by molar-refractivity contribution is 5.51. The first kappa shape index (κ1) is 19.2. The molecule has 126 valence electrons. The van der Waals surface area contributed by atoms with Crippen molar-refractivity contribution in [1.82, 2.24) is 0 Å². The van der Waals surface area contributed by atoms with Crippen molar-refractivity contribution in [3.63, 3.8) is 0 Å². The second kappa shape index (κ2) is 9.33. The van der Waals surface area contributed by atoms with Gasteiger partial charge in [0.25, 0.3) is 0 Å². The van der Waals surface area contributed by atoms with Crippen LogP contribution in [0.1, 0.15) is 72.6 Å². The summed E-state index contributed by atoms with van der Waals surface area (Å²) in [6.07, 6.45) is 15.8. The fourth-order valence-corrected chi connectivity index (χ4v) is 3.95. The van der Waals surface area contributed by atoms with Gasteiger partial charge in [-0.25, -0.2) is 0 Å². The van der Waals surface area contributed by atoms with E-state index in [4.69, 9.17) is 0 Å². The van der Waals surface area contributed by atoms with Crippen LogP contribution >= 0.6 is 0 Å². The Balaban J connectivity index is 2.77. The first-order valence-corrected chi connectivity index (χ1v) is 9.15. The largest absolute Gasteiger partial charge is 0.303 e. The molecule has 1 saturated carbocycles. The molecule has 4 atom stereocenters. The molecule has 3 unspecified atom stereocenters. The fraction of sp³-hybridized carbons (Fsp3) is 0.762. The molecule has 0 aromatic heterocycles. The van der Waals surface area contributed by atoms with Gasteiger partial charge in [-0.3, -0.25) is 0 Å². The molecule has 0 amide bonds. The van der Waals surface area contributed by atoms with Crippen molar-refractivity contribution in [1.29, 1.82) is 0 Å². The third-order valence-corrected chi connectivity index (χ3v) is 5.53. The highest BCUT2D eigenvalue weighted by atomic mass is 16.1. The van der Waals surface area contributed by atoms with E-state index >= 15 is 0 Å². The van der Waals surface area contributed by atoms with Crippen molar-refractivity contribution < 1.29 is 4.79 Å². The molecule has 0 spiro atoms. The molecule has 22 heavy (non-hydrogen) atoms. The Bertz CT molecular complexity index is 368. The van der Waals surface area contributed by atoms with Crippen LogP contribution in [0.3, 0.4) is 0 Å². The monoisotopic (exact) mass is 304 g/mol. The lowest BCUT2D eigenvalue weighted by atomic mass is 9.69. The normalized spacial score (nSPS) is 28.7. The van der Waals surface area contributed by atoms with Crippen LogP contribution in [0.5, 0.6) is 0 Å². The van der Waals surface area contributed by atoms with E-state index in [1.807, 2.05) is 6.08 Å². The van der Waals surface area contributed by atoms with Gasteiger partial charge < -0.3 is 4.79 Å². The first-order valence-electron chi connectivity index (χ1n) is 9.15. The molecular formula is C21H36O. The van der Waals surface area contributed by atoms with E-state index in [0.717, 1.165) is 43.3 Å². The molecule has 1 aliphatic carbocycles. The minimum absolute atomic E-state index is 0.0208. The summed E-state index contributed by atoms with van der Waals surface area (Å²) in [5, 5.41) is 0. The molecule has 0 saturated heterocycles. The van der Waals surface area contributed by atoms with Gasteiger partial charge in [0.15, 0.2) is 0 Å². The van der Waals surface area contributed by atoms with Crippen LogP contribution in [0.4, 0.5) is 0 Å². The van der Waals surface area contributed by atoms with Crippen molar-refractivity contribution in [2.45, 2.75) is 72.6 Å². The van der Waals surface area contributed by atoms with E-state index in [1.54, 1.807) is 0 Å². The summed E-state index contributed by atoms with van der Waals surface area (Å²) < 4.78 is 0. The van der Waals surface area contributed by atoms with Crippen molar-refractivity contribution in [3.8, 4) is 0 Å². The van der Waals surface area contributed by atoms with Gasteiger partial charge in [-0.15, -0.1) is 6.58 Å². The molecule has 0 radical (unpaired) electrons. The van der Waals surface area contributed by atoms with Gasteiger partial charge in [0, 0.05) is 6.42 Å². The highest BCUT2D eigenvalue weighted by Gasteiger charge is 2.30. The SMILES string of the molecule is C=CCCC[C@](C)(/C=C/C1CC(C)CCC1C(C)C)CC=O. The molecule has 0 aromatic carbocycles. The summed E-state index contributed by atoms with van der Waals surface area (Å²) in [4.78, 5) is 11.1. The van der Waals surface area contributed by atoms with Crippen LogP contribution in [0, 0.1) is 29.1 Å². The Labute approximate surface area is 138 Å². The summed E-state index contributed by atoms with van der Waals surface area (Å²) in [5.41, 5.74) is 0.0208. The summed E-state index contributed by atoms with van der Waals surface area (Å²) in [5.74, 6) is 3.08. The maximum absolute atomic E-state index is 11.1. The van der Waals surface area contributed by atoms with Crippen LogP contribution < -0.4 is 0 Å². The number of rotatable bonds is 9. The van der Waals surface area contributed by atoms with Gasteiger partial charge in [-0.1, -0.05) is 52.3 Å². The molecule has 1 fully saturated rings. The zero-order chi connectivity index (χ0) is 16.6. The number of aldehydes is 1.